The molecule has 0 N–H and O–H groups in total. The van der Waals surface area contributed by atoms with Gasteiger partial charge < -0.3 is 24.0 Å². The van der Waals surface area contributed by atoms with Gasteiger partial charge in [0.15, 0.2) is 7.05 Å². The van der Waals surface area contributed by atoms with E-state index in [2.05, 4.69) is 38.1 Å². The Morgan fingerprint density at radius 1 is 0.958 bits per heavy atom. The molecule has 0 fully saturated rings. The van der Waals surface area contributed by atoms with Crippen molar-refractivity contribution in [3.63, 3.8) is 0 Å². The van der Waals surface area contributed by atoms with Crippen LogP contribution in [0.2, 0.25) is 5.02 Å². The molecule has 0 bridgehead atoms. The molecule has 0 saturated heterocycles. The lowest BCUT2D eigenvalue weighted by Gasteiger charge is -2.16. The summed E-state index contributed by atoms with van der Waals surface area (Å²) in [5.41, 5.74) is 4.24. The predicted octanol–water partition coefficient (Wildman–Crippen LogP) is 1.88. The highest BCUT2D eigenvalue weighted by Crippen LogP contribution is 2.30. The number of benzene rings is 2. The van der Waals surface area contributed by atoms with Crippen LogP contribution < -0.4 is 24.0 Å². The maximum atomic E-state index is 6.24. The van der Waals surface area contributed by atoms with Crippen molar-refractivity contribution < 1.29 is 28.7 Å². The minimum absolute atomic E-state index is 0. The van der Waals surface area contributed by atoms with Crippen LogP contribution in [-0.2, 0) is 0 Å². The lowest BCUT2D eigenvalue weighted by Crippen LogP contribution is -3.00. The zero-order valence-corrected chi connectivity index (χ0v) is 16.9. The molecule has 0 radical (unpaired) electrons. The summed E-state index contributed by atoms with van der Waals surface area (Å²) in [7, 11) is 1.99. The third-order valence-electron chi connectivity index (χ3n) is 4.20. The van der Waals surface area contributed by atoms with E-state index in [1.807, 2.05) is 54.2 Å². The van der Waals surface area contributed by atoms with Gasteiger partial charge in [0.2, 0.25) is 5.71 Å². The maximum absolute atomic E-state index is 6.24. The number of hydrogen-bond donors (Lipinski definition) is 0. The Balaban J connectivity index is 0.00000208. The van der Waals surface area contributed by atoms with Gasteiger partial charge in [0.1, 0.15) is 11.1 Å². The maximum Gasteiger partial charge on any atom is 0.219 e. The molecule has 1 aliphatic rings. The van der Waals surface area contributed by atoms with E-state index in [-0.39, 0.29) is 29.4 Å². The normalized spacial score (nSPS) is 16.2. The average Bonchev–Trinajstić information content (AvgIpc) is 2.77. The Bertz CT molecular complexity index is 821. The van der Waals surface area contributed by atoms with Crippen molar-refractivity contribution in [3.05, 3.63) is 76.8 Å². The largest absolute Gasteiger partial charge is 1.00 e. The predicted molar refractivity (Wildman–Crippen MR) is 98.4 cm³/mol. The molecular formula is C20H20ClIN2. The molecule has 124 valence electrons. The molecule has 0 atom stereocenters. The zero-order chi connectivity index (χ0) is 16.4. The topological polar surface area (TPSA) is 15.4 Å². The van der Waals surface area contributed by atoms with E-state index in [0.717, 1.165) is 27.6 Å². The van der Waals surface area contributed by atoms with Crippen molar-refractivity contribution in [1.82, 2.24) is 0 Å². The molecule has 3 rings (SSSR count). The molecule has 0 unspecified atom stereocenters. The SMILES string of the molecule is C[N+]1=C(/C=C/c2ccccc2Cl)C(C)(C)C(c2ccccc2)=N1.[I-]. The van der Waals surface area contributed by atoms with Crippen LogP contribution in [0.15, 0.2) is 65.8 Å². The fourth-order valence-electron chi connectivity index (χ4n) is 2.96. The number of rotatable bonds is 3. The lowest BCUT2D eigenvalue weighted by molar-refractivity contribution is -0.499. The van der Waals surface area contributed by atoms with Crippen LogP contribution in [0.1, 0.15) is 25.0 Å². The molecule has 0 amide bonds. The Hall–Kier alpha value is -1.46. The van der Waals surface area contributed by atoms with Crippen molar-refractivity contribution in [3.8, 4) is 0 Å². The monoisotopic (exact) mass is 450 g/mol. The van der Waals surface area contributed by atoms with Gasteiger partial charge >= 0.3 is 0 Å². The summed E-state index contributed by atoms with van der Waals surface area (Å²) < 4.78 is 1.95. The highest BCUT2D eigenvalue weighted by Gasteiger charge is 2.43. The zero-order valence-electron chi connectivity index (χ0n) is 14.0. The molecule has 2 aromatic rings. The molecule has 2 aromatic carbocycles. The van der Waals surface area contributed by atoms with Gasteiger partial charge in [0.05, 0.1) is 0 Å². The summed E-state index contributed by atoms with van der Waals surface area (Å²) >= 11 is 6.24. The van der Waals surface area contributed by atoms with E-state index < -0.39 is 0 Å². The molecule has 2 nitrogen and oxygen atoms in total. The Kier molecular flexibility index (Phi) is 5.99. The molecule has 1 heterocycles. The molecular weight excluding hydrogens is 431 g/mol. The minimum atomic E-state index is -0.159. The quantitative estimate of drug-likeness (QED) is 0.501. The van der Waals surface area contributed by atoms with E-state index in [1.54, 1.807) is 0 Å². The van der Waals surface area contributed by atoms with E-state index in [0.29, 0.717) is 0 Å². The average molecular weight is 451 g/mol. The standard InChI is InChI=1S/C20H20ClN2.HI/c1-20(2)18(14-13-15-9-7-8-12-17(15)21)23(3)22-19(20)16-10-5-4-6-11-16;/h4-14H,1-3H3;1H/q+1;/p-1/b14-13+;. The van der Waals surface area contributed by atoms with Crippen LogP contribution in [0.4, 0.5) is 0 Å². The van der Waals surface area contributed by atoms with E-state index >= 15 is 0 Å². The van der Waals surface area contributed by atoms with Gasteiger partial charge in [-0.3, -0.25) is 0 Å². The number of hydrazone groups is 1. The third kappa shape index (κ3) is 3.62. The molecule has 0 aliphatic carbocycles. The fraction of sp³-hybridized carbons (Fsp3) is 0.200. The summed E-state index contributed by atoms with van der Waals surface area (Å²) in [6, 6.07) is 18.2. The molecule has 24 heavy (non-hydrogen) atoms. The Morgan fingerprint density at radius 3 is 2.25 bits per heavy atom. The van der Waals surface area contributed by atoms with Gasteiger partial charge in [-0.1, -0.05) is 64.8 Å². The first-order valence-electron chi connectivity index (χ1n) is 7.68. The lowest BCUT2D eigenvalue weighted by atomic mass is 9.79. The number of nitrogens with zero attached hydrogens (tertiary/aromatic N) is 2. The van der Waals surface area contributed by atoms with Gasteiger partial charge in [-0.25, -0.2) is 0 Å². The number of hydrogen-bond acceptors (Lipinski definition) is 1. The van der Waals surface area contributed by atoms with Crippen LogP contribution >= 0.6 is 11.6 Å². The summed E-state index contributed by atoms with van der Waals surface area (Å²) in [5.74, 6) is 0. The Labute approximate surface area is 165 Å². The second kappa shape index (κ2) is 7.62. The van der Waals surface area contributed by atoms with Crippen LogP contribution in [-0.4, -0.2) is 23.2 Å². The van der Waals surface area contributed by atoms with E-state index in [4.69, 9.17) is 16.7 Å². The van der Waals surface area contributed by atoms with E-state index in [1.165, 1.54) is 0 Å². The van der Waals surface area contributed by atoms with Gasteiger partial charge in [0.25, 0.3) is 0 Å². The van der Waals surface area contributed by atoms with Crippen molar-refractivity contribution in [1.29, 1.82) is 0 Å². The highest BCUT2D eigenvalue weighted by molar-refractivity contribution is 6.32. The number of halogens is 2. The van der Waals surface area contributed by atoms with Gasteiger partial charge in [-0.2, -0.15) is 0 Å². The number of allylic oxidation sites excluding steroid dienone is 1. The molecule has 0 saturated carbocycles. The van der Waals surface area contributed by atoms with E-state index in [9.17, 15) is 0 Å². The van der Waals surface area contributed by atoms with Crippen LogP contribution in [0.3, 0.4) is 0 Å². The summed E-state index contributed by atoms with van der Waals surface area (Å²) in [5, 5.41) is 5.51. The summed E-state index contributed by atoms with van der Waals surface area (Å²) in [6.07, 6.45) is 4.17. The second-order valence-electron chi connectivity index (χ2n) is 6.20. The van der Waals surface area contributed by atoms with Crippen LogP contribution in [0, 0.1) is 5.41 Å². The smallest absolute Gasteiger partial charge is 0.219 e. The first kappa shape index (κ1) is 18.9. The van der Waals surface area contributed by atoms with Crippen LogP contribution in [0.25, 0.3) is 6.08 Å². The molecule has 0 aromatic heterocycles. The van der Waals surface area contributed by atoms with Gasteiger partial charge in [0, 0.05) is 16.7 Å². The second-order valence-corrected chi connectivity index (χ2v) is 6.61. The first-order chi connectivity index (χ1) is 11.0. The molecule has 0 spiro atoms. The molecule has 4 heteroatoms. The Morgan fingerprint density at radius 2 is 1.58 bits per heavy atom. The fourth-order valence-corrected chi connectivity index (χ4v) is 3.16. The summed E-state index contributed by atoms with van der Waals surface area (Å²) in [6.45, 7) is 4.41. The highest BCUT2D eigenvalue weighted by atomic mass is 127. The summed E-state index contributed by atoms with van der Waals surface area (Å²) in [4.78, 5) is 0. The van der Waals surface area contributed by atoms with Gasteiger partial charge in [-0.05, 0) is 36.7 Å². The van der Waals surface area contributed by atoms with Crippen molar-refractivity contribution in [2.75, 3.05) is 7.05 Å². The van der Waals surface area contributed by atoms with Crippen molar-refractivity contribution >= 4 is 29.1 Å². The third-order valence-corrected chi connectivity index (χ3v) is 4.55. The van der Waals surface area contributed by atoms with Crippen LogP contribution in [0.5, 0.6) is 0 Å². The van der Waals surface area contributed by atoms with Gasteiger partial charge in [-0.15, -0.1) is 0 Å². The van der Waals surface area contributed by atoms with Crippen molar-refractivity contribution in [2.24, 2.45) is 10.5 Å². The van der Waals surface area contributed by atoms with Crippen molar-refractivity contribution in [2.45, 2.75) is 13.8 Å². The minimum Gasteiger partial charge on any atom is -1.00 e. The first-order valence-corrected chi connectivity index (χ1v) is 8.06. The molecule has 1 aliphatic heterocycles.